The smallest absolute Gasteiger partial charge is 0.130 e. The van der Waals surface area contributed by atoms with Crippen molar-refractivity contribution in [1.29, 1.82) is 0 Å². The van der Waals surface area contributed by atoms with Crippen LogP contribution in [0.4, 0.5) is 0 Å². The van der Waals surface area contributed by atoms with Gasteiger partial charge in [0.05, 0.1) is 13.2 Å². The fourth-order valence-electron chi connectivity index (χ4n) is 3.59. The van der Waals surface area contributed by atoms with Gasteiger partial charge in [0.2, 0.25) is 0 Å². The van der Waals surface area contributed by atoms with Crippen molar-refractivity contribution in [3.8, 4) is 11.5 Å². The van der Waals surface area contributed by atoms with Gasteiger partial charge >= 0.3 is 0 Å². The highest BCUT2D eigenvalue weighted by Gasteiger charge is 2.14. The van der Waals surface area contributed by atoms with Gasteiger partial charge in [0, 0.05) is 16.1 Å². The van der Waals surface area contributed by atoms with Crippen molar-refractivity contribution in [2.75, 3.05) is 18.5 Å². The van der Waals surface area contributed by atoms with E-state index < -0.39 is 0 Å². The molecule has 1 unspecified atom stereocenters. The van der Waals surface area contributed by atoms with Gasteiger partial charge in [-0.2, -0.15) is 0 Å². The molecule has 2 nitrogen and oxygen atoms in total. The third kappa shape index (κ3) is 6.99. The summed E-state index contributed by atoms with van der Waals surface area (Å²) in [5.74, 6) is 2.64. The second-order valence-corrected chi connectivity index (χ2v) is 8.54. The number of ether oxygens (including phenoxy) is 2. The number of aryl methyl sites for hydroxylation is 1. The van der Waals surface area contributed by atoms with Crippen LogP contribution in [0.5, 0.6) is 11.5 Å². The van der Waals surface area contributed by atoms with Crippen LogP contribution in [0, 0.1) is 12.8 Å². The highest BCUT2D eigenvalue weighted by molar-refractivity contribution is 9.09. The summed E-state index contributed by atoms with van der Waals surface area (Å²) in [4.78, 5) is 0. The molecule has 2 aromatic rings. The zero-order valence-corrected chi connectivity index (χ0v) is 19.5. The topological polar surface area (TPSA) is 18.5 Å². The van der Waals surface area contributed by atoms with Gasteiger partial charge in [-0.1, -0.05) is 86.1 Å². The van der Waals surface area contributed by atoms with Crippen molar-refractivity contribution in [2.24, 2.45) is 5.92 Å². The number of benzene rings is 2. The summed E-state index contributed by atoms with van der Waals surface area (Å²) in [7, 11) is 0. The first-order valence-corrected chi connectivity index (χ1v) is 12.2. The Morgan fingerprint density at radius 2 is 1.68 bits per heavy atom. The van der Waals surface area contributed by atoms with Gasteiger partial charge in [0.1, 0.15) is 11.5 Å². The molecule has 0 saturated heterocycles. The van der Waals surface area contributed by atoms with E-state index in [1.807, 2.05) is 0 Å². The maximum absolute atomic E-state index is 6.37. The Balaban J connectivity index is 2.08. The predicted octanol–water partition coefficient (Wildman–Crippen LogP) is 8.08. The summed E-state index contributed by atoms with van der Waals surface area (Å²) in [6, 6.07) is 10.6. The lowest BCUT2D eigenvalue weighted by Crippen LogP contribution is -2.12. The number of fused-ring (bicyclic) bond motifs is 1. The van der Waals surface area contributed by atoms with Gasteiger partial charge in [-0.3, -0.25) is 0 Å². The zero-order valence-electron chi connectivity index (χ0n) is 17.9. The van der Waals surface area contributed by atoms with E-state index in [0.717, 1.165) is 41.8 Å². The summed E-state index contributed by atoms with van der Waals surface area (Å²) in [5, 5.41) is 3.42. The van der Waals surface area contributed by atoms with Crippen LogP contribution in [0.1, 0.15) is 70.8 Å². The standard InChI is InChI=1S/C25H37BrO2/c1-4-6-13-21(5-2)19-28-25-20(3)18-24(22-14-9-10-15-23(22)25)27-17-12-8-7-11-16-26/h9-10,14-15,18,21H,4-8,11-13,16-17,19H2,1-3H3. The normalized spacial score (nSPS) is 12.3. The fraction of sp³-hybridized carbons (Fsp3) is 0.600. The summed E-state index contributed by atoms with van der Waals surface area (Å²) in [5.41, 5.74) is 1.17. The Morgan fingerprint density at radius 1 is 0.929 bits per heavy atom. The van der Waals surface area contributed by atoms with E-state index in [2.05, 4.69) is 67.0 Å². The second-order valence-electron chi connectivity index (χ2n) is 7.75. The summed E-state index contributed by atoms with van der Waals surface area (Å²) >= 11 is 3.49. The average molecular weight is 449 g/mol. The highest BCUT2D eigenvalue weighted by Crippen LogP contribution is 2.37. The molecule has 0 heterocycles. The van der Waals surface area contributed by atoms with E-state index in [0.29, 0.717) is 5.92 Å². The number of rotatable bonds is 14. The number of halogens is 1. The molecular weight excluding hydrogens is 412 g/mol. The van der Waals surface area contributed by atoms with Crippen molar-refractivity contribution in [3.63, 3.8) is 0 Å². The van der Waals surface area contributed by atoms with Crippen LogP contribution in [-0.2, 0) is 0 Å². The third-order valence-electron chi connectivity index (χ3n) is 5.44. The summed E-state index contributed by atoms with van der Waals surface area (Å²) in [6.45, 7) is 8.24. The predicted molar refractivity (Wildman–Crippen MR) is 125 cm³/mol. The quantitative estimate of drug-likeness (QED) is 0.214. The van der Waals surface area contributed by atoms with Crippen molar-refractivity contribution in [1.82, 2.24) is 0 Å². The van der Waals surface area contributed by atoms with Gasteiger partial charge in [-0.25, -0.2) is 0 Å². The minimum Gasteiger partial charge on any atom is -0.493 e. The van der Waals surface area contributed by atoms with Gasteiger partial charge in [0.25, 0.3) is 0 Å². The van der Waals surface area contributed by atoms with E-state index in [9.17, 15) is 0 Å². The van der Waals surface area contributed by atoms with Crippen molar-refractivity contribution in [3.05, 3.63) is 35.9 Å². The van der Waals surface area contributed by atoms with Crippen molar-refractivity contribution >= 4 is 26.7 Å². The summed E-state index contributed by atoms with van der Waals surface area (Å²) in [6.07, 6.45) is 9.79. The maximum Gasteiger partial charge on any atom is 0.130 e. The third-order valence-corrected chi connectivity index (χ3v) is 6.00. The van der Waals surface area contributed by atoms with Gasteiger partial charge in [-0.15, -0.1) is 0 Å². The van der Waals surface area contributed by atoms with E-state index in [-0.39, 0.29) is 0 Å². The van der Waals surface area contributed by atoms with Crippen LogP contribution in [-0.4, -0.2) is 18.5 Å². The number of unbranched alkanes of at least 4 members (excludes halogenated alkanes) is 4. The Hall–Kier alpha value is -1.22. The van der Waals surface area contributed by atoms with Crippen LogP contribution in [0.3, 0.4) is 0 Å². The molecule has 1 atom stereocenters. The molecular formula is C25H37BrO2. The molecule has 156 valence electrons. The van der Waals surface area contributed by atoms with Crippen LogP contribution < -0.4 is 9.47 Å². The van der Waals surface area contributed by atoms with Crippen LogP contribution in [0.2, 0.25) is 0 Å². The molecule has 0 fully saturated rings. The Bertz CT molecular complexity index is 698. The first-order valence-electron chi connectivity index (χ1n) is 11.0. The Kier molecular flexibility index (Phi) is 10.8. The number of hydrogen-bond donors (Lipinski definition) is 0. The first-order chi connectivity index (χ1) is 13.7. The maximum atomic E-state index is 6.37. The largest absolute Gasteiger partial charge is 0.493 e. The number of alkyl halides is 1. The lowest BCUT2D eigenvalue weighted by atomic mass is 10.00. The van der Waals surface area contributed by atoms with E-state index in [4.69, 9.17) is 9.47 Å². The molecule has 0 aliphatic rings. The molecule has 0 bridgehead atoms. The van der Waals surface area contributed by atoms with E-state index >= 15 is 0 Å². The molecule has 0 aromatic heterocycles. The van der Waals surface area contributed by atoms with Crippen molar-refractivity contribution in [2.45, 2.75) is 72.1 Å². The minimum absolute atomic E-state index is 0.633. The average Bonchev–Trinajstić information content (AvgIpc) is 2.72. The first kappa shape index (κ1) is 23.1. The molecule has 2 aromatic carbocycles. The molecule has 2 rings (SSSR count). The van der Waals surface area contributed by atoms with Crippen LogP contribution in [0.15, 0.2) is 30.3 Å². The SMILES string of the molecule is CCCCC(CC)COc1c(C)cc(OCCCCCCBr)c2ccccc12. The Labute approximate surface area is 180 Å². The van der Waals surface area contributed by atoms with Crippen molar-refractivity contribution < 1.29 is 9.47 Å². The molecule has 0 aliphatic heterocycles. The molecule has 0 spiro atoms. The molecule has 0 aliphatic carbocycles. The fourth-order valence-corrected chi connectivity index (χ4v) is 3.99. The minimum atomic E-state index is 0.633. The molecule has 3 heteroatoms. The Morgan fingerprint density at radius 3 is 2.39 bits per heavy atom. The second kappa shape index (κ2) is 13.1. The lowest BCUT2D eigenvalue weighted by Gasteiger charge is -2.19. The van der Waals surface area contributed by atoms with E-state index in [1.165, 1.54) is 55.9 Å². The summed E-state index contributed by atoms with van der Waals surface area (Å²) < 4.78 is 12.5. The monoisotopic (exact) mass is 448 g/mol. The lowest BCUT2D eigenvalue weighted by molar-refractivity contribution is 0.234. The molecule has 28 heavy (non-hydrogen) atoms. The highest BCUT2D eigenvalue weighted by atomic mass is 79.9. The molecule has 0 radical (unpaired) electrons. The molecule has 0 saturated carbocycles. The van der Waals surface area contributed by atoms with Crippen LogP contribution >= 0.6 is 15.9 Å². The van der Waals surface area contributed by atoms with Gasteiger partial charge in [-0.05, 0) is 43.7 Å². The van der Waals surface area contributed by atoms with Crippen LogP contribution in [0.25, 0.3) is 10.8 Å². The van der Waals surface area contributed by atoms with E-state index in [1.54, 1.807) is 0 Å². The van der Waals surface area contributed by atoms with Gasteiger partial charge < -0.3 is 9.47 Å². The molecule has 0 N–H and O–H groups in total. The van der Waals surface area contributed by atoms with Gasteiger partial charge in [0.15, 0.2) is 0 Å². The number of hydrogen-bond acceptors (Lipinski definition) is 2. The molecule has 0 amide bonds. The zero-order chi connectivity index (χ0) is 20.2.